The van der Waals surface area contributed by atoms with Gasteiger partial charge in [0.2, 0.25) is 0 Å². The van der Waals surface area contributed by atoms with Crippen LogP contribution in [0, 0.1) is 17.8 Å². The molecule has 3 atom stereocenters. The van der Waals surface area contributed by atoms with Crippen LogP contribution < -0.4 is 5.32 Å². The average Bonchev–Trinajstić information content (AvgIpc) is 2.37. The monoisotopic (exact) mass is 251 g/mol. The highest BCUT2D eigenvalue weighted by molar-refractivity contribution is 4.82. The summed E-state index contributed by atoms with van der Waals surface area (Å²) in [7, 11) is 0. The SMILES string of the molecule is C=CCCCC1CC(CC)CCC1CNC(C)C. The molecule has 0 aromatic carbocycles. The van der Waals surface area contributed by atoms with Gasteiger partial charge in [0.25, 0.3) is 0 Å². The van der Waals surface area contributed by atoms with E-state index in [-0.39, 0.29) is 0 Å². The Kier molecular flexibility index (Phi) is 7.65. The zero-order valence-electron chi connectivity index (χ0n) is 12.8. The molecule has 1 nitrogen and oxygen atoms in total. The smallest absolute Gasteiger partial charge is 0.00104 e. The van der Waals surface area contributed by atoms with Gasteiger partial charge in [0.15, 0.2) is 0 Å². The summed E-state index contributed by atoms with van der Waals surface area (Å²) in [6.07, 6.45) is 11.8. The second-order valence-electron chi connectivity index (χ2n) is 6.39. The summed E-state index contributed by atoms with van der Waals surface area (Å²) in [5, 5.41) is 3.65. The van der Waals surface area contributed by atoms with Crippen LogP contribution >= 0.6 is 0 Å². The lowest BCUT2D eigenvalue weighted by Gasteiger charge is -2.36. The first kappa shape index (κ1) is 15.8. The predicted molar refractivity (Wildman–Crippen MR) is 81.8 cm³/mol. The Labute approximate surface area is 114 Å². The third kappa shape index (κ3) is 5.56. The molecule has 1 heteroatoms. The molecule has 0 heterocycles. The van der Waals surface area contributed by atoms with Gasteiger partial charge in [0, 0.05) is 6.04 Å². The Morgan fingerprint density at radius 2 is 2.06 bits per heavy atom. The Balaban J connectivity index is 2.42. The van der Waals surface area contributed by atoms with E-state index in [9.17, 15) is 0 Å². The van der Waals surface area contributed by atoms with Crippen molar-refractivity contribution in [1.82, 2.24) is 5.32 Å². The van der Waals surface area contributed by atoms with Crippen molar-refractivity contribution in [2.75, 3.05) is 6.54 Å². The van der Waals surface area contributed by atoms with Crippen LogP contribution in [-0.2, 0) is 0 Å². The van der Waals surface area contributed by atoms with E-state index in [1.165, 1.54) is 51.5 Å². The molecule has 106 valence electrons. The molecule has 0 aromatic heterocycles. The van der Waals surface area contributed by atoms with Crippen molar-refractivity contribution < 1.29 is 0 Å². The van der Waals surface area contributed by atoms with Crippen LogP contribution in [0.2, 0.25) is 0 Å². The Hall–Kier alpha value is -0.300. The van der Waals surface area contributed by atoms with Gasteiger partial charge < -0.3 is 5.32 Å². The number of hydrogen-bond acceptors (Lipinski definition) is 1. The maximum absolute atomic E-state index is 3.84. The fraction of sp³-hybridized carbons (Fsp3) is 0.882. The Morgan fingerprint density at radius 3 is 2.67 bits per heavy atom. The highest BCUT2D eigenvalue weighted by atomic mass is 14.9. The summed E-state index contributed by atoms with van der Waals surface area (Å²) in [6, 6.07) is 0.628. The van der Waals surface area contributed by atoms with Gasteiger partial charge in [-0.1, -0.05) is 39.7 Å². The number of nitrogens with one attached hydrogen (secondary N) is 1. The minimum Gasteiger partial charge on any atom is -0.314 e. The molecule has 0 spiro atoms. The first-order valence-electron chi connectivity index (χ1n) is 8.01. The van der Waals surface area contributed by atoms with E-state index in [4.69, 9.17) is 0 Å². The van der Waals surface area contributed by atoms with Gasteiger partial charge in [-0.15, -0.1) is 6.58 Å². The summed E-state index contributed by atoms with van der Waals surface area (Å²) in [6.45, 7) is 11.9. The lowest BCUT2D eigenvalue weighted by molar-refractivity contribution is 0.159. The van der Waals surface area contributed by atoms with Crippen LogP contribution in [0.3, 0.4) is 0 Å². The predicted octanol–water partition coefficient (Wildman–Crippen LogP) is 4.78. The first-order valence-corrected chi connectivity index (χ1v) is 8.01. The summed E-state index contributed by atoms with van der Waals surface area (Å²) in [5.41, 5.74) is 0. The van der Waals surface area contributed by atoms with Crippen LogP contribution in [0.25, 0.3) is 0 Å². The minimum atomic E-state index is 0.628. The molecule has 0 amide bonds. The number of allylic oxidation sites excluding steroid dienone is 1. The van der Waals surface area contributed by atoms with Crippen molar-refractivity contribution in [3.8, 4) is 0 Å². The van der Waals surface area contributed by atoms with Crippen LogP contribution in [0.1, 0.15) is 65.7 Å². The Morgan fingerprint density at radius 1 is 1.28 bits per heavy atom. The van der Waals surface area contributed by atoms with E-state index in [2.05, 4.69) is 38.7 Å². The third-order valence-electron chi connectivity index (χ3n) is 4.60. The number of rotatable bonds is 8. The highest BCUT2D eigenvalue weighted by Crippen LogP contribution is 2.38. The Bertz CT molecular complexity index is 222. The molecule has 3 unspecified atom stereocenters. The molecular formula is C17H33N. The van der Waals surface area contributed by atoms with E-state index in [1.807, 2.05) is 0 Å². The molecule has 0 saturated heterocycles. The lowest BCUT2D eigenvalue weighted by atomic mass is 9.71. The van der Waals surface area contributed by atoms with Crippen molar-refractivity contribution in [2.24, 2.45) is 17.8 Å². The van der Waals surface area contributed by atoms with Crippen molar-refractivity contribution in [1.29, 1.82) is 0 Å². The lowest BCUT2D eigenvalue weighted by Crippen LogP contribution is -2.36. The molecule has 1 rings (SSSR count). The van der Waals surface area contributed by atoms with E-state index in [1.54, 1.807) is 0 Å². The second-order valence-corrected chi connectivity index (χ2v) is 6.39. The molecule has 18 heavy (non-hydrogen) atoms. The van der Waals surface area contributed by atoms with E-state index in [0.717, 1.165) is 17.8 Å². The van der Waals surface area contributed by atoms with Gasteiger partial charge in [-0.3, -0.25) is 0 Å². The fourth-order valence-electron chi connectivity index (χ4n) is 3.33. The quantitative estimate of drug-likeness (QED) is 0.483. The number of hydrogen-bond donors (Lipinski definition) is 1. The summed E-state index contributed by atoms with van der Waals surface area (Å²) in [4.78, 5) is 0. The summed E-state index contributed by atoms with van der Waals surface area (Å²) >= 11 is 0. The average molecular weight is 251 g/mol. The van der Waals surface area contributed by atoms with E-state index < -0.39 is 0 Å². The number of unbranched alkanes of at least 4 members (excludes halogenated alkanes) is 1. The van der Waals surface area contributed by atoms with Crippen molar-refractivity contribution in [3.05, 3.63) is 12.7 Å². The second kappa shape index (κ2) is 8.74. The first-order chi connectivity index (χ1) is 8.67. The molecule has 0 aromatic rings. The van der Waals surface area contributed by atoms with Crippen LogP contribution in [0.15, 0.2) is 12.7 Å². The molecule has 1 saturated carbocycles. The van der Waals surface area contributed by atoms with Gasteiger partial charge in [-0.05, 0) is 56.4 Å². The zero-order chi connectivity index (χ0) is 13.4. The minimum absolute atomic E-state index is 0.628. The van der Waals surface area contributed by atoms with E-state index in [0.29, 0.717) is 6.04 Å². The van der Waals surface area contributed by atoms with Crippen LogP contribution in [0.4, 0.5) is 0 Å². The van der Waals surface area contributed by atoms with Gasteiger partial charge in [0.1, 0.15) is 0 Å². The maximum Gasteiger partial charge on any atom is 0.00104 e. The van der Waals surface area contributed by atoms with Gasteiger partial charge in [0.05, 0.1) is 0 Å². The third-order valence-corrected chi connectivity index (χ3v) is 4.60. The molecule has 0 bridgehead atoms. The molecule has 1 aliphatic rings. The van der Waals surface area contributed by atoms with Crippen LogP contribution in [-0.4, -0.2) is 12.6 Å². The standard InChI is InChI=1S/C17H33N/c1-5-7-8-9-16-12-15(6-2)10-11-17(16)13-18-14(3)4/h5,14-18H,1,6-13H2,2-4H3. The largest absolute Gasteiger partial charge is 0.314 e. The van der Waals surface area contributed by atoms with Crippen molar-refractivity contribution in [2.45, 2.75) is 71.8 Å². The normalized spacial score (nSPS) is 28.6. The summed E-state index contributed by atoms with van der Waals surface area (Å²) in [5.74, 6) is 2.86. The highest BCUT2D eigenvalue weighted by Gasteiger charge is 2.28. The molecule has 0 aliphatic heterocycles. The van der Waals surface area contributed by atoms with Crippen molar-refractivity contribution in [3.63, 3.8) is 0 Å². The molecular weight excluding hydrogens is 218 g/mol. The van der Waals surface area contributed by atoms with E-state index >= 15 is 0 Å². The maximum atomic E-state index is 3.84. The van der Waals surface area contributed by atoms with Crippen molar-refractivity contribution >= 4 is 0 Å². The molecule has 1 aliphatic carbocycles. The van der Waals surface area contributed by atoms with Gasteiger partial charge in [-0.2, -0.15) is 0 Å². The fourth-order valence-corrected chi connectivity index (χ4v) is 3.33. The van der Waals surface area contributed by atoms with Gasteiger partial charge in [-0.25, -0.2) is 0 Å². The van der Waals surface area contributed by atoms with Gasteiger partial charge >= 0.3 is 0 Å². The molecule has 1 fully saturated rings. The zero-order valence-corrected chi connectivity index (χ0v) is 12.8. The molecule has 1 N–H and O–H groups in total. The van der Waals surface area contributed by atoms with Crippen LogP contribution in [0.5, 0.6) is 0 Å². The topological polar surface area (TPSA) is 12.0 Å². The summed E-state index contributed by atoms with van der Waals surface area (Å²) < 4.78 is 0. The molecule has 0 radical (unpaired) electrons.